The van der Waals surface area contributed by atoms with E-state index in [1.54, 1.807) is 24.6 Å². The first-order valence-electron chi connectivity index (χ1n) is 5.15. The second kappa shape index (κ2) is 5.20. The number of nitrogens with zero attached hydrogens (tertiary/aromatic N) is 2. The van der Waals surface area contributed by atoms with Gasteiger partial charge >= 0.3 is 6.18 Å². The number of alkyl halides is 3. The number of aryl methyl sites for hydroxylation is 1. The Morgan fingerprint density at radius 2 is 2.24 bits per heavy atom. The van der Waals surface area contributed by atoms with E-state index in [9.17, 15) is 18.0 Å². The third kappa shape index (κ3) is 4.08. The van der Waals surface area contributed by atoms with Gasteiger partial charge in [-0.1, -0.05) is 0 Å². The Hall–Kier alpha value is -1.53. The largest absolute Gasteiger partial charge is 0.390 e. The van der Waals surface area contributed by atoms with E-state index in [4.69, 9.17) is 0 Å². The van der Waals surface area contributed by atoms with E-state index in [2.05, 4.69) is 10.3 Å². The molecule has 1 aromatic heterocycles. The Balaban J connectivity index is 2.46. The smallest absolute Gasteiger partial charge is 0.354 e. The van der Waals surface area contributed by atoms with Crippen LogP contribution in [0.15, 0.2) is 12.4 Å². The van der Waals surface area contributed by atoms with Crippen molar-refractivity contribution in [2.24, 2.45) is 0 Å². The number of rotatable bonds is 4. The summed E-state index contributed by atoms with van der Waals surface area (Å²) in [6, 6.07) is -0.564. The van der Waals surface area contributed by atoms with Crippen LogP contribution in [0.3, 0.4) is 0 Å². The normalized spacial score (nSPS) is 13.5. The molecule has 0 spiro atoms. The minimum absolute atomic E-state index is 0.402. The number of aromatic nitrogens is 2. The molecule has 0 aliphatic carbocycles. The van der Waals surface area contributed by atoms with Crippen LogP contribution < -0.4 is 5.32 Å². The van der Waals surface area contributed by atoms with E-state index in [0.717, 1.165) is 0 Å². The van der Waals surface area contributed by atoms with E-state index in [-0.39, 0.29) is 0 Å². The first kappa shape index (κ1) is 13.5. The molecule has 1 aromatic rings. The van der Waals surface area contributed by atoms with E-state index >= 15 is 0 Å². The van der Waals surface area contributed by atoms with Crippen molar-refractivity contribution in [1.29, 1.82) is 0 Å². The average molecular weight is 249 g/mol. The maximum absolute atomic E-state index is 11.9. The number of nitrogens with one attached hydrogen (secondary N) is 1. The molecule has 0 aliphatic rings. The van der Waals surface area contributed by atoms with Gasteiger partial charge in [0.2, 0.25) is 5.91 Å². The number of carbonyl (C=O) groups is 1. The quantitative estimate of drug-likeness (QED) is 0.884. The molecule has 0 saturated heterocycles. The van der Waals surface area contributed by atoms with Gasteiger partial charge in [0.1, 0.15) is 11.9 Å². The lowest BCUT2D eigenvalue weighted by Crippen LogP contribution is -2.33. The molecular formula is C10H14F3N3O. The van der Waals surface area contributed by atoms with Crippen LogP contribution in [0.2, 0.25) is 0 Å². The molecule has 1 heterocycles. The number of amides is 1. The predicted octanol–water partition coefficient (Wildman–Crippen LogP) is 1.82. The SMILES string of the molecule is Cc1nccn1[C@H](C)C(=O)NCCC(F)(F)F. The van der Waals surface area contributed by atoms with Crippen molar-refractivity contribution in [3.63, 3.8) is 0 Å². The third-order valence-electron chi connectivity index (χ3n) is 2.37. The van der Waals surface area contributed by atoms with Crippen LogP contribution in [-0.2, 0) is 4.79 Å². The molecule has 0 fully saturated rings. The highest BCUT2D eigenvalue weighted by Gasteiger charge is 2.27. The predicted molar refractivity (Wildman–Crippen MR) is 55.4 cm³/mol. The van der Waals surface area contributed by atoms with E-state index in [0.29, 0.717) is 5.82 Å². The van der Waals surface area contributed by atoms with Gasteiger partial charge in [-0.25, -0.2) is 4.98 Å². The molecule has 1 N–H and O–H groups in total. The Bertz CT molecular complexity index is 386. The number of halogens is 3. The Morgan fingerprint density at radius 3 is 2.71 bits per heavy atom. The Kier molecular flexibility index (Phi) is 4.14. The molecule has 4 nitrogen and oxygen atoms in total. The average Bonchev–Trinajstić information content (AvgIpc) is 2.61. The van der Waals surface area contributed by atoms with Crippen molar-refractivity contribution in [1.82, 2.24) is 14.9 Å². The van der Waals surface area contributed by atoms with Gasteiger partial charge in [0.25, 0.3) is 0 Å². The Morgan fingerprint density at radius 1 is 1.59 bits per heavy atom. The van der Waals surface area contributed by atoms with Crippen LogP contribution in [-0.4, -0.2) is 28.2 Å². The maximum Gasteiger partial charge on any atom is 0.390 e. The summed E-state index contributed by atoms with van der Waals surface area (Å²) in [5.74, 6) is 0.193. The van der Waals surface area contributed by atoms with Crippen LogP contribution >= 0.6 is 0 Å². The summed E-state index contributed by atoms with van der Waals surface area (Å²) < 4.78 is 37.2. The zero-order chi connectivity index (χ0) is 13.1. The molecule has 1 atom stereocenters. The molecule has 1 rings (SSSR count). The van der Waals surface area contributed by atoms with E-state index in [1.165, 1.54) is 6.20 Å². The fourth-order valence-electron chi connectivity index (χ4n) is 1.40. The summed E-state index contributed by atoms with van der Waals surface area (Å²) in [5.41, 5.74) is 0. The lowest BCUT2D eigenvalue weighted by atomic mass is 10.3. The maximum atomic E-state index is 11.9. The van der Waals surface area contributed by atoms with Gasteiger partial charge in [0, 0.05) is 18.9 Å². The zero-order valence-electron chi connectivity index (χ0n) is 9.58. The molecule has 17 heavy (non-hydrogen) atoms. The summed E-state index contributed by atoms with van der Waals surface area (Å²) in [7, 11) is 0. The van der Waals surface area contributed by atoms with E-state index in [1.807, 2.05) is 0 Å². The van der Waals surface area contributed by atoms with Crippen LogP contribution in [0.4, 0.5) is 13.2 Å². The fourth-order valence-corrected chi connectivity index (χ4v) is 1.40. The zero-order valence-corrected chi connectivity index (χ0v) is 9.58. The second-order valence-corrected chi connectivity index (χ2v) is 3.71. The third-order valence-corrected chi connectivity index (χ3v) is 2.37. The van der Waals surface area contributed by atoms with Gasteiger partial charge in [-0.05, 0) is 13.8 Å². The van der Waals surface area contributed by atoms with Crippen LogP contribution in [0.25, 0.3) is 0 Å². The highest BCUT2D eigenvalue weighted by molar-refractivity contribution is 5.79. The van der Waals surface area contributed by atoms with Crippen molar-refractivity contribution in [2.45, 2.75) is 32.5 Å². The Labute approximate surface area is 96.8 Å². The topological polar surface area (TPSA) is 46.9 Å². The van der Waals surface area contributed by atoms with Crippen LogP contribution in [0.5, 0.6) is 0 Å². The highest BCUT2D eigenvalue weighted by Crippen LogP contribution is 2.18. The lowest BCUT2D eigenvalue weighted by molar-refractivity contribution is -0.136. The van der Waals surface area contributed by atoms with Gasteiger partial charge in [-0.15, -0.1) is 0 Å². The molecule has 7 heteroatoms. The summed E-state index contributed by atoms with van der Waals surface area (Å²) in [5, 5.41) is 2.25. The van der Waals surface area contributed by atoms with Gasteiger partial charge in [0.15, 0.2) is 0 Å². The van der Waals surface area contributed by atoms with Crippen molar-refractivity contribution >= 4 is 5.91 Å². The molecule has 0 bridgehead atoms. The standard InChI is InChI=1S/C10H14F3N3O/c1-7(16-6-5-14-8(16)2)9(17)15-4-3-10(11,12)13/h5-7H,3-4H2,1-2H3,(H,15,17)/t7-/m1/s1. The molecule has 0 unspecified atom stereocenters. The molecule has 0 aromatic carbocycles. The minimum atomic E-state index is -4.25. The summed E-state index contributed by atoms with van der Waals surface area (Å²) in [6.07, 6.45) is -2.12. The minimum Gasteiger partial charge on any atom is -0.354 e. The van der Waals surface area contributed by atoms with Crippen molar-refractivity contribution < 1.29 is 18.0 Å². The molecule has 0 aliphatic heterocycles. The summed E-state index contributed by atoms with van der Waals surface area (Å²) in [6.45, 7) is 2.93. The fraction of sp³-hybridized carbons (Fsp3) is 0.600. The molecular weight excluding hydrogens is 235 g/mol. The first-order chi connectivity index (χ1) is 7.81. The summed E-state index contributed by atoms with van der Waals surface area (Å²) in [4.78, 5) is 15.5. The van der Waals surface area contributed by atoms with Gasteiger partial charge in [-0.3, -0.25) is 4.79 Å². The van der Waals surface area contributed by atoms with Crippen LogP contribution in [0.1, 0.15) is 25.2 Å². The number of hydrogen-bond acceptors (Lipinski definition) is 2. The van der Waals surface area contributed by atoms with E-state index < -0.39 is 31.1 Å². The second-order valence-electron chi connectivity index (χ2n) is 3.71. The van der Waals surface area contributed by atoms with Crippen molar-refractivity contribution in [2.75, 3.05) is 6.54 Å². The molecule has 1 amide bonds. The van der Waals surface area contributed by atoms with Crippen molar-refractivity contribution in [3.8, 4) is 0 Å². The molecule has 0 radical (unpaired) electrons. The highest BCUT2D eigenvalue weighted by atomic mass is 19.4. The first-order valence-corrected chi connectivity index (χ1v) is 5.15. The number of imidazole rings is 1. The summed E-state index contributed by atoms with van der Waals surface area (Å²) >= 11 is 0. The molecule has 96 valence electrons. The monoisotopic (exact) mass is 249 g/mol. The molecule has 0 saturated carbocycles. The van der Waals surface area contributed by atoms with Crippen molar-refractivity contribution in [3.05, 3.63) is 18.2 Å². The van der Waals surface area contributed by atoms with Gasteiger partial charge < -0.3 is 9.88 Å². The van der Waals surface area contributed by atoms with Crippen LogP contribution in [0, 0.1) is 6.92 Å². The lowest BCUT2D eigenvalue weighted by Gasteiger charge is -2.15. The van der Waals surface area contributed by atoms with Gasteiger partial charge in [0.05, 0.1) is 6.42 Å². The number of carbonyl (C=O) groups excluding carboxylic acids is 1. The number of hydrogen-bond donors (Lipinski definition) is 1. The van der Waals surface area contributed by atoms with Gasteiger partial charge in [-0.2, -0.15) is 13.2 Å².